The third-order valence-corrected chi connectivity index (χ3v) is 8.88. The Hall–Kier alpha value is -0.920. The number of hydrogen-bond acceptors (Lipinski definition) is 2. The Kier molecular flexibility index (Phi) is 3.82. The summed E-state index contributed by atoms with van der Waals surface area (Å²) >= 11 is 0. The first-order valence-corrected chi connectivity index (χ1v) is 10.1. The fourth-order valence-corrected chi connectivity index (χ4v) is 7.56. The van der Waals surface area contributed by atoms with Gasteiger partial charge in [-0.1, -0.05) is 26.3 Å². The van der Waals surface area contributed by atoms with Crippen molar-refractivity contribution in [1.82, 2.24) is 0 Å². The number of ketones is 1. The van der Waals surface area contributed by atoms with Gasteiger partial charge in [0.1, 0.15) is 6.29 Å². The number of fused-ring (bicyclic) bond motifs is 5. The van der Waals surface area contributed by atoms with Gasteiger partial charge in [0.05, 0.1) is 0 Å². The summed E-state index contributed by atoms with van der Waals surface area (Å²) in [5.41, 5.74) is 2.09. The minimum absolute atomic E-state index is 0.207. The van der Waals surface area contributed by atoms with Crippen molar-refractivity contribution < 1.29 is 9.59 Å². The summed E-state index contributed by atoms with van der Waals surface area (Å²) in [4.78, 5) is 23.3. The maximum atomic E-state index is 11.9. The zero-order valence-electron chi connectivity index (χ0n) is 15.5. The molecule has 24 heavy (non-hydrogen) atoms. The Morgan fingerprint density at radius 3 is 2.62 bits per heavy atom. The first kappa shape index (κ1) is 16.5. The van der Waals surface area contributed by atoms with Crippen LogP contribution in [0.4, 0.5) is 0 Å². The summed E-state index contributed by atoms with van der Waals surface area (Å²) in [5, 5.41) is 0. The van der Waals surface area contributed by atoms with Gasteiger partial charge >= 0.3 is 0 Å². The number of hydrogen-bond donors (Lipinski definition) is 0. The van der Waals surface area contributed by atoms with Gasteiger partial charge in [-0.3, -0.25) is 4.79 Å². The highest BCUT2D eigenvalue weighted by atomic mass is 16.1. The Bertz CT molecular complexity index is 591. The Labute approximate surface area is 146 Å². The average molecular weight is 328 g/mol. The molecule has 0 aromatic rings. The molecule has 0 N–H and O–H groups in total. The first-order chi connectivity index (χ1) is 11.4. The quantitative estimate of drug-likeness (QED) is 0.671. The van der Waals surface area contributed by atoms with Gasteiger partial charge in [-0.2, -0.15) is 0 Å². The summed E-state index contributed by atoms with van der Waals surface area (Å²) in [6.45, 7) is 7.07. The molecule has 3 saturated carbocycles. The van der Waals surface area contributed by atoms with Crippen molar-refractivity contribution in [2.45, 2.75) is 72.1 Å². The van der Waals surface area contributed by atoms with E-state index in [1.807, 2.05) is 6.08 Å². The van der Waals surface area contributed by atoms with Crippen LogP contribution in [0.2, 0.25) is 0 Å². The summed E-state index contributed by atoms with van der Waals surface area (Å²) < 4.78 is 0. The van der Waals surface area contributed by atoms with Crippen molar-refractivity contribution in [2.75, 3.05) is 0 Å². The highest BCUT2D eigenvalue weighted by Crippen LogP contribution is 2.67. The van der Waals surface area contributed by atoms with Crippen molar-refractivity contribution in [3.8, 4) is 0 Å². The number of carbonyl (C=O) groups is 2. The third kappa shape index (κ3) is 2.14. The molecule has 4 rings (SSSR count). The fraction of sp³-hybridized carbons (Fsp3) is 0.818. The van der Waals surface area contributed by atoms with E-state index in [9.17, 15) is 9.59 Å². The molecule has 2 heteroatoms. The molecular weight excluding hydrogens is 296 g/mol. The molecule has 3 fully saturated rings. The molecule has 0 amide bonds. The highest BCUT2D eigenvalue weighted by Gasteiger charge is 2.59. The molecule has 4 aliphatic carbocycles. The third-order valence-electron chi connectivity index (χ3n) is 8.88. The Balaban J connectivity index is 1.65. The van der Waals surface area contributed by atoms with E-state index in [0.29, 0.717) is 17.1 Å². The van der Waals surface area contributed by atoms with Crippen molar-refractivity contribution in [3.63, 3.8) is 0 Å². The smallest absolute Gasteiger partial charge is 0.155 e. The van der Waals surface area contributed by atoms with Gasteiger partial charge in [-0.15, -0.1) is 0 Å². The van der Waals surface area contributed by atoms with E-state index in [4.69, 9.17) is 0 Å². The molecule has 0 bridgehead atoms. The van der Waals surface area contributed by atoms with Gasteiger partial charge in [-0.05, 0) is 85.5 Å². The Morgan fingerprint density at radius 2 is 1.88 bits per heavy atom. The maximum Gasteiger partial charge on any atom is 0.155 e. The van der Waals surface area contributed by atoms with E-state index < -0.39 is 0 Å². The fourth-order valence-electron chi connectivity index (χ4n) is 7.56. The van der Waals surface area contributed by atoms with Crippen LogP contribution < -0.4 is 0 Å². The zero-order valence-corrected chi connectivity index (χ0v) is 15.5. The lowest BCUT2D eigenvalue weighted by Crippen LogP contribution is -2.51. The highest BCUT2D eigenvalue weighted by molar-refractivity contribution is 5.91. The molecule has 0 aliphatic heterocycles. The summed E-state index contributed by atoms with van der Waals surface area (Å²) in [5.74, 6) is 3.50. The molecule has 0 saturated heterocycles. The van der Waals surface area contributed by atoms with E-state index >= 15 is 0 Å². The van der Waals surface area contributed by atoms with Gasteiger partial charge in [0.2, 0.25) is 0 Å². The molecule has 0 spiro atoms. The molecule has 4 aliphatic rings. The number of rotatable bonds is 2. The van der Waals surface area contributed by atoms with Crippen LogP contribution in [-0.2, 0) is 9.59 Å². The molecule has 0 radical (unpaired) electrons. The van der Waals surface area contributed by atoms with Gasteiger partial charge in [0.25, 0.3) is 0 Å². The normalized spacial score (nSPS) is 48.8. The largest absolute Gasteiger partial charge is 0.303 e. The van der Waals surface area contributed by atoms with Crippen molar-refractivity contribution in [1.29, 1.82) is 0 Å². The van der Waals surface area contributed by atoms with Crippen LogP contribution in [0.25, 0.3) is 0 Å². The molecular formula is C22H32O2. The minimum atomic E-state index is 0.207. The van der Waals surface area contributed by atoms with Crippen LogP contribution >= 0.6 is 0 Å². The number of aldehydes is 1. The monoisotopic (exact) mass is 328 g/mol. The first-order valence-electron chi connectivity index (χ1n) is 10.1. The minimum Gasteiger partial charge on any atom is -0.303 e. The molecule has 1 unspecified atom stereocenters. The van der Waals surface area contributed by atoms with Gasteiger partial charge < -0.3 is 4.79 Å². The van der Waals surface area contributed by atoms with E-state index in [-0.39, 0.29) is 11.3 Å². The lowest BCUT2D eigenvalue weighted by atomic mass is 9.46. The van der Waals surface area contributed by atoms with Gasteiger partial charge in [0, 0.05) is 12.3 Å². The van der Waals surface area contributed by atoms with Crippen LogP contribution in [0.1, 0.15) is 72.1 Å². The standard InChI is InChI=1S/C22H32O2/c1-14(13-23)18-6-7-19-17-5-4-15-12-16(24)8-10-21(15,2)20(17)9-11-22(18,19)3/h12-14,17-20H,4-11H2,1-3H3/t14-,17?,18-,19+,20+,21+,22-/m1/s1. The van der Waals surface area contributed by atoms with E-state index in [1.54, 1.807) is 0 Å². The van der Waals surface area contributed by atoms with Crippen LogP contribution in [-0.4, -0.2) is 12.1 Å². The van der Waals surface area contributed by atoms with Crippen LogP contribution in [0.5, 0.6) is 0 Å². The predicted molar refractivity (Wildman–Crippen MR) is 95.4 cm³/mol. The molecule has 0 aromatic carbocycles. The van der Waals surface area contributed by atoms with E-state index in [0.717, 1.165) is 37.0 Å². The Morgan fingerprint density at radius 1 is 1.08 bits per heavy atom. The van der Waals surface area contributed by atoms with Crippen LogP contribution in [0.3, 0.4) is 0 Å². The average Bonchev–Trinajstić information content (AvgIpc) is 2.92. The molecule has 2 nitrogen and oxygen atoms in total. The van der Waals surface area contributed by atoms with Crippen molar-refractivity contribution in [3.05, 3.63) is 11.6 Å². The van der Waals surface area contributed by atoms with E-state index in [2.05, 4.69) is 20.8 Å². The lowest BCUT2D eigenvalue weighted by Gasteiger charge is -2.58. The van der Waals surface area contributed by atoms with Gasteiger partial charge in [0.15, 0.2) is 5.78 Å². The predicted octanol–water partition coefficient (Wildman–Crippen LogP) is 4.97. The number of allylic oxidation sites excluding steroid dienone is 1. The summed E-state index contributed by atoms with van der Waals surface area (Å²) in [6.07, 6.45) is 12.5. The van der Waals surface area contributed by atoms with E-state index in [1.165, 1.54) is 44.0 Å². The van der Waals surface area contributed by atoms with Crippen LogP contribution in [0.15, 0.2) is 11.6 Å². The second kappa shape index (κ2) is 5.54. The second-order valence-electron chi connectivity index (χ2n) is 9.69. The summed E-state index contributed by atoms with van der Waals surface area (Å²) in [6, 6.07) is 0. The molecule has 0 aromatic heterocycles. The lowest BCUT2D eigenvalue weighted by molar-refractivity contribution is -0.118. The molecule has 0 heterocycles. The van der Waals surface area contributed by atoms with Gasteiger partial charge in [-0.25, -0.2) is 0 Å². The second-order valence-corrected chi connectivity index (χ2v) is 9.69. The van der Waals surface area contributed by atoms with Crippen LogP contribution in [0, 0.1) is 40.4 Å². The molecule has 132 valence electrons. The maximum absolute atomic E-state index is 11.9. The van der Waals surface area contributed by atoms with Crippen molar-refractivity contribution >= 4 is 12.1 Å². The number of carbonyl (C=O) groups excluding carboxylic acids is 2. The summed E-state index contributed by atoms with van der Waals surface area (Å²) in [7, 11) is 0. The SMILES string of the molecule is C[C@H](C=O)[C@H]1CC[C@H]2C3CCC4=CC(=O)CC[C@]4(C)[C@H]3CC[C@]12C. The topological polar surface area (TPSA) is 34.1 Å². The molecule has 7 atom stereocenters. The zero-order chi connectivity index (χ0) is 17.1. The van der Waals surface area contributed by atoms with Crippen molar-refractivity contribution in [2.24, 2.45) is 40.4 Å².